The van der Waals surface area contributed by atoms with Crippen LogP contribution in [0.1, 0.15) is 37.4 Å². The van der Waals surface area contributed by atoms with Crippen LogP contribution < -0.4 is 11.3 Å². The smallest absolute Gasteiger partial charge is 0.150 e. The Morgan fingerprint density at radius 3 is 2.79 bits per heavy atom. The maximum absolute atomic E-state index is 11.7. The van der Waals surface area contributed by atoms with E-state index in [2.05, 4.69) is 15.4 Å². The molecule has 1 aromatic rings. The van der Waals surface area contributed by atoms with Crippen molar-refractivity contribution >= 4 is 9.84 Å². The van der Waals surface area contributed by atoms with Gasteiger partial charge in [-0.25, -0.2) is 8.42 Å². The molecular weight excluding hydrogens is 264 g/mol. The lowest BCUT2D eigenvalue weighted by Crippen LogP contribution is -2.38. The van der Waals surface area contributed by atoms with E-state index in [0.717, 1.165) is 25.0 Å². The molecule has 0 saturated heterocycles. The number of rotatable bonds is 4. The van der Waals surface area contributed by atoms with E-state index in [0.29, 0.717) is 6.42 Å². The molecule has 3 N–H and O–H groups in total. The Labute approximate surface area is 113 Å². The van der Waals surface area contributed by atoms with Crippen molar-refractivity contribution in [3.05, 3.63) is 24.3 Å². The Hall–Kier alpha value is -1.05. The summed E-state index contributed by atoms with van der Waals surface area (Å²) in [6.07, 6.45) is 9.45. The zero-order valence-corrected chi connectivity index (χ0v) is 11.8. The first-order valence-electron chi connectivity index (χ1n) is 6.43. The number of aromatic nitrogens is 2. The second kappa shape index (κ2) is 5.94. The summed E-state index contributed by atoms with van der Waals surface area (Å²) in [4.78, 5) is 8.30. The molecule has 3 atom stereocenters. The Kier molecular flexibility index (Phi) is 4.49. The maximum atomic E-state index is 11.7. The number of hydrazine groups is 1. The molecule has 7 heteroatoms. The molecule has 106 valence electrons. The zero-order valence-electron chi connectivity index (χ0n) is 11.0. The molecule has 19 heavy (non-hydrogen) atoms. The summed E-state index contributed by atoms with van der Waals surface area (Å²) in [5, 5.41) is -0.265. The van der Waals surface area contributed by atoms with Crippen LogP contribution in [0.2, 0.25) is 0 Å². The van der Waals surface area contributed by atoms with E-state index in [1.807, 2.05) is 0 Å². The lowest BCUT2D eigenvalue weighted by molar-refractivity contribution is 0.270. The van der Waals surface area contributed by atoms with E-state index >= 15 is 0 Å². The minimum Gasteiger partial charge on any atom is -0.271 e. The summed E-state index contributed by atoms with van der Waals surface area (Å²) in [7, 11) is -2.99. The summed E-state index contributed by atoms with van der Waals surface area (Å²) in [5.74, 6) is 5.80. The van der Waals surface area contributed by atoms with Crippen LogP contribution in [-0.4, -0.2) is 29.9 Å². The molecule has 3 unspecified atom stereocenters. The van der Waals surface area contributed by atoms with Gasteiger partial charge in [-0.05, 0) is 25.2 Å². The SMILES string of the molecule is CS(=O)(=O)C1CCCC(C(NN)c2cnccn2)C1. The zero-order chi connectivity index (χ0) is 13.9. The molecular formula is C12H20N4O2S. The van der Waals surface area contributed by atoms with Crippen molar-refractivity contribution < 1.29 is 8.42 Å². The van der Waals surface area contributed by atoms with E-state index < -0.39 is 9.84 Å². The molecule has 1 aliphatic carbocycles. The second-order valence-electron chi connectivity index (χ2n) is 5.15. The van der Waals surface area contributed by atoms with Crippen LogP contribution in [0.4, 0.5) is 0 Å². The predicted octanol–water partition coefficient (Wildman–Crippen LogP) is 0.584. The third kappa shape index (κ3) is 3.49. The quantitative estimate of drug-likeness (QED) is 0.620. The van der Waals surface area contributed by atoms with Crippen LogP contribution in [0, 0.1) is 5.92 Å². The van der Waals surface area contributed by atoms with Crippen molar-refractivity contribution in [2.75, 3.05) is 6.26 Å². The number of sulfone groups is 1. The van der Waals surface area contributed by atoms with Gasteiger partial charge in [0.15, 0.2) is 0 Å². The molecule has 1 saturated carbocycles. The van der Waals surface area contributed by atoms with Gasteiger partial charge in [-0.1, -0.05) is 6.42 Å². The van der Waals surface area contributed by atoms with Crippen molar-refractivity contribution in [1.82, 2.24) is 15.4 Å². The van der Waals surface area contributed by atoms with Crippen LogP contribution in [0.15, 0.2) is 18.6 Å². The van der Waals surface area contributed by atoms with Crippen molar-refractivity contribution in [2.45, 2.75) is 37.0 Å². The molecule has 1 aromatic heterocycles. The first kappa shape index (κ1) is 14.4. The van der Waals surface area contributed by atoms with Crippen LogP contribution >= 0.6 is 0 Å². The number of nitrogens with zero attached hydrogens (tertiary/aromatic N) is 2. The Balaban J connectivity index is 2.15. The molecule has 1 aliphatic rings. The molecule has 6 nitrogen and oxygen atoms in total. The monoisotopic (exact) mass is 284 g/mol. The van der Waals surface area contributed by atoms with Gasteiger partial charge in [0.25, 0.3) is 0 Å². The van der Waals surface area contributed by atoms with Gasteiger partial charge in [-0.3, -0.25) is 21.2 Å². The largest absolute Gasteiger partial charge is 0.271 e. The van der Waals surface area contributed by atoms with Gasteiger partial charge >= 0.3 is 0 Å². The van der Waals surface area contributed by atoms with Gasteiger partial charge < -0.3 is 0 Å². The van der Waals surface area contributed by atoms with Crippen LogP contribution in [0.5, 0.6) is 0 Å². The van der Waals surface area contributed by atoms with Crippen molar-refractivity contribution in [3.8, 4) is 0 Å². The fraction of sp³-hybridized carbons (Fsp3) is 0.667. The van der Waals surface area contributed by atoms with Gasteiger partial charge in [-0.15, -0.1) is 0 Å². The summed E-state index contributed by atoms with van der Waals surface area (Å²) < 4.78 is 23.4. The molecule has 0 radical (unpaired) electrons. The van der Waals surface area contributed by atoms with Gasteiger partial charge in [0.2, 0.25) is 0 Å². The first-order valence-corrected chi connectivity index (χ1v) is 8.38. The van der Waals surface area contributed by atoms with Crippen molar-refractivity contribution in [1.29, 1.82) is 0 Å². The van der Waals surface area contributed by atoms with Crippen LogP contribution in [0.3, 0.4) is 0 Å². The van der Waals surface area contributed by atoms with Gasteiger partial charge in [0, 0.05) is 18.6 Å². The molecule has 1 heterocycles. The van der Waals surface area contributed by atoms with E-state index in [1.54, 1.807) is 18.6 Å². The van der Waals surface area contributed by atoms with Crippen LogP contribution in [0.25, 0.3) is 0 Å². The van der Waals surface area contributed by atoms with E-state index in [4.69, 9.17) is 5.84 Å². The molecule has 1 fully saturated rings. The fourth-order valence-corrected chi connectivity index (χ4v) is 4.00. The van der Waals surface area contributed by atoms with Crippen molar-refractivity contribution in [3.63, 3.8) is 0 Å². The second-order valence-corrected chi connectivity index (χ2v) is 7.48. The maximum Gasteiger partial charge on any atom is 0.150 e. The number of hydrogen-bond acceptors (Lipinski definition) is 6. The van der Waals surface area contributed by atoms with Crippen LogP contribution in [-0.2, 0) is 9.84 Å². The average molecular weight is 284 g/mol. The number of nitrogens with two attached hydrogens (primary N) is 1. The molecule has 0 aromatic carbocycles. The lowest BCUT2D eigenvalue weighted by Gasteiger charge is -2.33. The minimum atomic E-state index is -2.99. The Bertz CT molecular complexity index is 506. The van der Waals surface area contributed by atoms with Gasteiger partial charge in [-0.2, -0.15) is 0 Å². The third-order valence-electron chi connectivity index (χ3n) is 3.82. The Morgan fingerprint density at radius 1 is 1.42 bits per heavy atom. The third-order valence-corrected chi connectivity index (χ3v) is 5.46. The molecule has 2 rings (SSSR count). The normalized spacial score (nSPS) is 26.0. The average Bonchev–Trinajstić information content (AvgIpc) is 2.40. The van der Waals surface area contributed by atoms with E-state index in [-0.39, 0.29) is 17.2 Å². The number of hydrogen-bond donors (Lipinski definition) is 2. The van der Waals surface area contributed by atoms with Crippen molar-refractivity contribution in [2.24, 2.45) is 11.8 Å². The predicted molar refractivity (Wildman–Crippen MR) is 72.7 cm³/mol. The highest BCUT2D eigenvalue weighted by Crippen LogP contribution is 2.35. The highest BCUT2D eigenvalue weighted by Gasteiger charge is 2.33. The molecule has 0 aliphatic heterocycles. The fourth-order valence-electron chi connectivity index (χ4n) is 2.81. The minimum absolute atomic E-state index is 0.141. The highest BCUT2D eigenvalue weighted by molar-refractivity contribution is 7.91. The standard InChI is InChI=1S/C12H20N4O2S/c1-19(17,18)10-4-2-3-9(7-10)12(16-13)11-8-14-5-6-15-11/h5-6,8-10,12,16H,2-4,7,13H2,1H3. The topological polar surface area (TPSA) is 98.0 Å². The molecule has 0 bridgehead atoms. The van der Waals surface area contributed by atoms with E-state index in [9.17, 15) is 8.42 Å². The Morgan fingerprint density at radius 2 is 2.21 bits per heavy atom. The first-order chi connectivity index (χ1) is 9.02. The molecule has 0 amide bonds. The molecule has 0 spiro atoms. The summed E-state index contributed by atoms with van der Waals surface area (Å²) in [6.45, 7) is 0. The summed E-state index contributed by atoms with van der Waals surface area (Å²) in [5.41, 5.74) is 3.53. The summed E-state index contributed by atoms with van der Waals surface area (Å²) in [6, 6.07) is -0.141. The lowest BCUT2D eigenvalue weighted by atomic mass is 9.82. The summed E-state index contributed by atoms with van der Waals surface area (Å²) >= 11 is 0. The highest BCUT2D eigenvalue weighted by atomic mass is 32.2. The van der Waals surface area contributed by atoms with Gasteiger partial charge in [0.05, 0.1) is 23.2 Å². The number of nitrogens with one attached hydrogen (secondary N) is 1. The van der Waals surface area contributed by atoms with Gasteiger partial charge in [0.1, 0.15) is 9.84 Å². The van der Waals surface area contributed by atoms with E-state index in [1.165, 1.54) is 6.26 Å².